The van der Waals surface area contributed by atoms with Crippen molar-refractivity contribution in [3.05, 3.63) is 29.3 Å². The van der Waals surface area contributed by atoms with Crippen molar-refractivity contribution in [1.29, 1.82) is 0 Å². The lowest BCUT2D eigenvalue weighted by Crippen LogP contribution is -2.41. The summed E-state index contributed by atoms with van der Waals surface area (Å²) in [5.41, 5.74) is 2.86. The van der Waals surface area contributed by atoms with Crippen LogP contribution in [0.3, 0.4) is 0 Å². The van der Waals surface area contributed by atoms with Crippen LogP contribution in [0, 0.1) is 0 Å². The number of rotatable bonds is 7. The Balaban J connectivity index is 0.00000288. The second-order valence-corrected chi connectivity index (χ2v) is 5.94. The highest BCUT2D eigenvalue weighted by molar-refractivity contribution is 5.99. The molecule has 0 unspecified atom stereocenters. The maximum atomic E-state index is 12.9. The molecule has 6 heteroatoms. The molecule has 1 aliphatic rings. The van der Waals surface area contributed by atoms with E-state index in [1.807, 2.05) is 32.0 Å². The second kappa shape index (κ2) is 10.2. The maximum Gasteiger partial charge on any atom is 0.254 e. The van der Waals surface area contributed by atoms with Gasteiger partial charge >= 0.3 is 0 Å². The van der Waals surface area contributed by atoms with Gasteiger partial charge in [-0.05, 0) is 43.4 Å². The zero-order chi connectivity index (χ0) is 16.7. The second-order valence-electron chi connectivity index (χ2n) is 5.94. The van der Waals surface area contributed by atoms with Gasteiger partial charge in [0.25, 0.3) is 5.91 Å². The number of fused-ring (bicyclic) bond motifs is 1. The summed E-state index contributed by atoms with van der Waals surface area (Å²) in [5, 5.41) is 6.19. The van der Waals surface area contributed by atoms with E-state index in [0.29, 0.717) is 13.1 Å². The molecule has 0 aliphatic carbocycles. The highest BCUT2D eigenvalue weighted by atomic mass is 35.5. The van der Waals surface area contributed by atoms with Crippen molar-refractivity contribution in [2.45, 2.75) is 39.5 Å². The van der Waals surface area contributed by atoms with Gasteiger partial charge in [0.15, 0.2) is 0 Å². The first-order valence-corrected chi connectivity index (χ1v) is 8.59. The van der Waals surface area contributed by atoms with Gasteiger partial charge in [-0.3, -0.25) is 9.59 Å². The van der Waals surface area contributed by atoms with Gasteiger partial charge < -0.3 is 15.5 Å². The highest BCUT2D eigenvalue weighted by Crippen LogP contribution is 2.26. The fourth-order valence-electron chi connectivity index (χ4n) is 2.90. The van der Waals surface area contributed by atoms with E-state index >= 15 is 0 Å². The van der Waals surface area contributed by atoms with E-state index in [-0.39, 0.29) is 30.8 Å². The lowest BCUT2D eigenvalue weighted by molar-refractivity contribution is -0.121. The molecule has 1 aromatic rings. The van der Waals surface area contributed by atoms with Crippen molar-refractivity contribution < 1.29 is 9.59 Å². The molecule has 0 saturated heterocycles. The molecule has 2 N–H and O–H groups in total. The van der Waals surface area contributed by atoms with E-state index in [4.69, 9.17) is 0 Å². The van der Waals surface area contributed by atoms with Crippen molar-refractivity contribution in [2.24, 2.45) is 0 Å². The molecule has 2 amide bonds. The zero-order valence-electron chi connectivity index (χ0n) is 14.6. The predicted molar refractivity (Wildman–Crippen MR) is 100.0 cm³/mol. The van der Waals surface area contributed by atoms with Gasteiger partial charge in [-0.1, -0.05) is 19.9 Å². The van der Waals surface area contributed by atoms with Gasteiger partial charge in [-0.25, -0.2) is 0 Å². The first-order chi connectivity index (χ1) is 11.2. The number of nitrogens with zero attached hydrogens (tertiary/aromatic N) is 1. The molecule has 5 nitrogen and oxygen atoms in total. The fraction of sp³-hybridized carbons (Fsp3) is 0.556. The molecule has 1 aliphatic heterocycles. The van der Waals surface area contributed by atoms with Crippen molar-refractivity contribution >= 4 is 29.9 Å². The quantitative estimate of drug-likeness (QED) is 0.792. The highest BCUT2D eigenvalue weighted by Gasteiger charge is 2.23. The van der Waals surface area contributed by atoms with Crippen LogP contribution in [0.15, 0.2) is 18.2 Å². The minimum absolute atomic E-state index is 0. The average molecular weight is 354 g/mol. The third kappa shape index (κ3) is 5.13. The minimum atomic E-state index is -0.0865. The van der Waals surface area contributed by atoms with Crippen molar-refractivity contribution in [3.63, 3.8) is 0 Å². The SMILES string of the molecule is CCCNC(=O)CN(CCC)C(=O)c1cccc2c1CCCN2.Cl. The molecule has 0 bridgehead atoms. The number of benzene rings is 1. The molecule has 0 radical (unpaired) electrons. The summed E-state index contributed by atoms with van der Waals surface area (Å²) in [6.45, 7) is 6.35. The Morgan fingerprint density at radius 2 is 2.04 bits per heavy atom. The largest absolute Gasteiger partial charge is 0.385 e. The predicted octanol–water partition coefficient (Wildman–Crippen LogP) is 2.84. The lowest BCUT2D eigenvalue weighted by atomic mass is 9.96. The standard InChI is InChI=1S/C18H27N3O2.ClH/c1-3-10-20-17(22)13-21(12-4-2)18(23)15-7-5-9-16-14(15)8-6-11-19-16;/h5,7,9,19H,3-4,6,8,10-13H2,1-2H3,(H,20,22);1H. The Labute approximate surface area is 150 Å². The third-order valence-electron chi connectivity index (χ3n) is 4.01. The molecule has 24 heavy (non-hydrogen) atoms. The van der Waals surface area contributed by atoms with Gasteiger partial charge in [0, 0.05) is 30.9 Å². The van der Waals surface area contributed by atoms with E-state index in [1.54, 1.807) is 4.90 Å². The smallest absolute Gasteiger partial charge is 0.254 e. The molecular weight excluding hydrogens is 326 g/mol. The van der Waals surface area contributed by atoms with Gasteiger partial charge in [-0.2, -0.15) is 0 Å². The third-order valence-corrected chi connectivity index (χ3v) is 4.01. The summed E-state index contributed by atoms with van der Waals surface area (Å²) in [6, 6.07) is 5.80. The minimum Gasteiger partial charge on any atom is -0.385 e. The summed E-state index contributed by atoms with van der Waals surface area (Å²) in [4.78, 5) is 26.6. The lowest BCUT2D eigenvalue weighted by Gasteiger charge is -2.25. The van der Waals surface area contributed by atoms with Crippen molar-refractivity contribution in [2.75, 3.05) is 31.5 Å². The van der Waals surface area contributed by atoms with Crippen molar-refractivity contribution in [3.8, 4) is 0 Å². The topological polar surface area (TPSA) is 61.4 Å². The number of nitrogens with one attached hydrogen (secondary N) is 2. The van der Waals surface area contributed by atoms with Crippen LogP contribution in [0.4, 0.5) is 5.69 Å². The molecule has 0 aromatic heterocycles. The molecule has 1 heterocycles. The van der Waals surface area contributed by atoms with Crippen molar-refractivity contribution in [1.82, 2.24) is 10.2 Å². The molecule has 0 atom stereocenters. The number of amides is 2. The molecular formula is C18H28ClN3O2. The van der Waals surface area contributed by atoms with Gasteiger partial charge in [0.1, 0.15) is 0 Å². The van der Waals surface area contributed by atoms with E-state index < -0.39 is 0 Å². The number of carbonyl (C=O) groups is 2. The van der Waals surface area contributed by atoms with Crippen LogP contribution in [0.5, 0.6) is 0 Å². The Morgan fingerprint density at radius 1 is 1.25 bits per heavy atom. The molecule has 134 valence electrons. The van der Waals surface area contributed by atoms with Crippen LogP contribution in [0.25, 0.3) is 0 Å². The monoisotopic (exact) mass is 353 g/mol. The van der Waals surface area contributed by atoms with Crippen LogP contribution in [-0.2, 0) is 11.2 Å². The Morgan fingerprint density at radius 3 is 2.75 bits per heavy atom. The van der Waals surface area contributed by atoms with Crippen LogP contribution >= 0.6 is 12.4 Å². The number of anilines is 1. The van der Waals surface area contributed by atoms with Gasteiger partial charge in [-0.15, -0.1) is 12.4 Å². The number of carbonyl (C=O) groups excluding carboxylic acids is 2. The fourth-order valence-corrected chi connectivity index (χ4v) is 2.90. The van der Waals surface area contributed by atoms with E-state index in [9.17, 15) is 9.59 Å². The van der Waals surface area contributed by atoms with Crippen LogP contribution in [0.1, 0.15) is 49.0 Å². The zero-order valence-corrected chi connectivity index (χ0v) is 15.4. The first kappa shape index (κ1) is 20.3. The Bertz CT molecular complexity index is 563. The van der Waals surface area contributed by atoms with Crippen LogP contribution in [0.2, 0.25) is 0 Å². The van der Waals surface area contributed by atoms with E-state index in [0.717, 1.165) is 49.0 Å². The molecule has 1 aromatic carbocycles. The summed E-state index contributed by atoms with van der Waals surface area (Å²) in [6.07, 6.45) is 3.67. The van der Waals surface area contributed by atoms with Gasteiger partial charge in [0.05, 0.1) is 6.54 Å². The summed E-state index contributed by atoms with van der Waals surface area (Å²) in [5.74, 6) is -0.129. The van der Waals surface area contributed by atoms with Crippen LogP contribution in [-0.4, -0.2) is 42.9 Å². The summed E-state index contributed by atoms with van der Waals surface area (Å²) < 4.78 is 0. The van der Waals surface area contributed by atoms with E-state index in [1.165, 1.54) is 0 Å². The summed E-state index contributed by atoms with van der Waals surface area (Å²) in [7, 11) is 0. The molecule has 0 fully saturated rings. The number of hydrogen-bond donors (Lipinski definition) is 2. The molecule has 0 spiro atoms. The van der Waals surface area contributed by atoms with E-state index in [2.05, 4.69) is 10.6 Å². The maximum absolute atomic E-state index is 12.9. The van der Waals surface area contributed by atoms with Crippen LogP contribution < -0.4 is 10.6 Å². The molecule has 0 saturated carbocycles. The molecule has 2 rings (SSSR count). The normalized spacial score (nSPS) is 12.4. The number of halogens is 1. The Hall–Kier alpha value is -1.75. The Kier molecular flexibility index (Phi) is 8.61. The first-order valence-electron chi connectivity index (χ1n) is 8.59. The summed E-state index contributed by atoms with van der Waals surface area (Å²) >= 11 is 0. The van der Waals surface area contributed by atoms with Gasteiger partial charge in [0.2, 0.25) is 5.91 Å². The number of hydrogen-bond acceptors (Lipinski definition) is 3. The average Bonchev–Trinajstić information content (AvgIpc) is 2.58.